The lowest BCUT2D eigenvalue weighted by Crippen LogP contribution is -2.29. The monoisotopic (exact) mass is 409 g/mol. The number of esters is 1. The number of nitrogens with zero attached hydrogens (tertiary/aromatic N) is 1. The number of para-hydroxylation sites is 1. The van der Waals surface area contributed by atoms with Gasteiger partial charge in [-0.3, -0.25) is 4.31 Å². The highest BCUT2D eigenvalue weighted by molar-refractivity contribution is 9.10. The summed E-state index contributed by atoms with van der Waals surface area (Å²) < 4.78 is 32.7. The predicted molar refractivity (Wildman–Crippen MR) is 94.9 cm³/mol. The molecule has 1 unspecified atom stereocenters. The standard InChI is InChI=1S/C17H16BrNO4S/c1-11-10-19(16-6-4-3-5-13(11)16)24(21,22)12-7-8-15(18)14(9-12)17(20)23-2/h3-9,11H,10H2,1-2H3. The van der Waals surface area contributed by atoms with Crippen molar-refractivity contribution in [1.82, 2.24) is 0 Å². The quantitative estimate of drug-likeness (QED) is 0.727. The van der Waals surface area contributed by atoms with Gasteiger partial charge in [0.1, 0.15) is 0 Å². The largest absolute Gasteiger partial charge is 0.465 e. The Morgan fingerprint density at radius 1 is 1.25 bits per heavy atom. The van der Waals surface area contributed by atoms with Crippen LogP contribution in [-0.2, 0) is 14.8 Å². The third-order valence-electron chi connectivity index (χ3n) is 4.11. The average Bonchev–Trinajstić information content (AvgIpc) is 2.92. The van der Waals surface area contributed by atoms with Gasteiger partial charge in [0.2, 0.25) is 0 Å². The normalized spacial score (nSPS) is 16.8. The zero-order valence-electron chi connectivity index (χ0n) is 13.2. The van der Waals surface area contributed by atoms with E-state index in [9.17, 15) is 13.2 Å². The van der Waals surface area contributed by atoms with Gasteiger partial charge in [-0.05, 0) is 45.8 Å². The maximum atomic E-state index is 13.1. The van der Waals surface area contributed by atoms with Gasteiger partial charge in [-0.25, -0.2) is 13.2 Å². The van der Waals surface area contributed by atoms with Crippen molar-refractivity contribution in [3.8, 4) is 0 Å². The van der Waals surface area contributed by atoms with Crippen molar-refractivity contribution in [1.29, 1.82) is 0 Å². The van der Waals surface area contributed by atoms with Crippen LogP contribution in [-0.4, -0.2) is 28.0 Å². The highest BCUT2D eigenvalue weighted by Gasteiger charge is 2.34. The summed E-state index contributed by atoms with van der Waals surface area (Å²) in [5, 5.41) is 0. The summed E-state index contributed by atoms with van der Waals surface area (Å²) in [6.07, 6.45) is 0. The van der Waals surface area contributed by atoms with Gasteiger partial charge in [0.05, 0.1) is 23.3 Å². The van der Waals surface area contributed by atoms with Crippen molar-refractivity contribution in [2.75, 3.05) is 18.0 Å². The molecule has 0 bridgehead atoms. The van der Waals surface area contributed by atoms with Gasteiger partial charge in [0.15, 0.2) is 0 Å². The molecule has 0 saturated carbocycles. The molecular weight excluding hydrogens is 394 g/mol. The van der Waals surface area contributed by atoms with Crippen LogP contribution in [0.25, 0.3) is 0 Å². The molecule has 3 rings (SSSR count). The van der Waals surface area contributed by atoms with E-state index < -0.39 is 16.0 Å². The van der Waals surface area contributed by atoms with E-state index in [1.807, 2.05) is 25.1 Å². The number of halogens is 1. The van der Waals surface area contributed by atoms with Crippen LogP contribution in [0.5, 0.6) is 0 Å². The van der Waals surface area contributed by atoms with Crippen LogP contribution in [0.1, 0.15) is 28.8 Å². The number of fused-ring (bicyclic) bond motifs is 1. The first-order chi connectivity index (χ1) is 11.4. The summed E-state index contributed by atoms with van der Waals surface area (Å²) >= 11 is 3.25. The zero-order chi connectivity index (χ0) is 17.5. The lowest BCUT2D eigenvalue weighted by atomic mass is 10.0. The second-order valence-electron chi connectivity index (χ2n) is 5.63. The molecule has 0 aromatic heterocycles. The first-order valence-corrected chi connectivity index (χ1v) is 9.59. The van der Waals surface area contributed by atoms with E-state index in [0.29, 0.717) is 16.7 Å². The van der Waals surface area contributed by atoms with E-state index in [1.54, 1.807) is 12.1 Å². The highest BCUT2D eigenvalue weighted by atomic mass is 79.9. The molecule has 7 heteroatoms. The zero-order valence-corrected chi connectivity index (χ0v) is 15.6. The van der Waals surface area contributed by atoms with Crippen LogP contribution in [0.2, 0.25) is 0 Å². The van der Waals surface area contributed by atoms with E-state index >= 15 is 0 Å². The summed E-state index contributed by atoms with van der Waals surface area (Å²) in [6.45, 7) is 2.38. The molecule has 5 nitrogen and oxygen atoms in total. The number of rotatable bonds is 3. The number of carbonyl (C=O) groups excluding carboxylic acids is 1. The van der Waals surface area contributed by atoms with Gasteiger partial charge in [0, 0.05) is 16.9 Å². The van der Waals surface area contributed by atoms with Crippen LogP contribution in [0.15, 0.2) is 51.8 Å². The molecule has 0 saturated heterocycles. The van der Waals surface area contributed by atoms with E-state index in [-0.39, 0.29) is 16.4 Å². The summed E-state index contributed by atoms with van der Waals surface area (Å²) in [7, 11) is -2.50. The number of anilines is 1. The third kappa shape index (κ3) is 2.71. The van der Waals surface area contributed by atoms with E-state index in [4.69, 9.17) is 4.74 Å². The molecular formula is C17H16BrNO4S. The van der Waals surface area contributed by atoms with E-state index in [0.717, 1.165) is 5.56 Å². The molecule has 0 spiro atoms. The molecule has 1 aliphatic rings. The highest BCUT2D eigenvalue weighted by Crippen LogP contribution is 2.39. The Kier molecular flexibility index (Phi) is 4.40. The molecule has 1 atom stereocenters. The van der Waals surface area contributed by atoms with Crippen LogP contribution < -0.4 is 4.31 Å². The summed E-state index contributed by atoms with van der Waals surface area (Å²) in [6, 6.07) is 11.8. The maximum Gasteiger partial charge on any atom is 0.339 e. The number of methoxy groups -OCH3 is 1. The van der Waals surface area contributed by atoms with Gasteiger partial charge in [-0.2, -0.15) is 0 Å². The average molecular weight is 410 g/mol. The molecule has 2 aromatic carbocycles. The maximum absolute atomic E-state index is 13.1. The molecule has 0 N–H and O–H groups in total. The van der Waals surface area contributed by atoms with Gasteiger partial charge < -0.3 is 4.74 Å². The lowest BCUT2D eigenvalue weighted by molar-refractivity contribution is 0.0599. The van der Waals surface area contributed by atoms with Crippen molar-refractivity contribution in [3.05, 3.63) is 58.1 Å². The van der Waals surface area contributed by atoms with Crippen molar-refractivity contribution in [2.24, 2.45) is 0 Å². The summed E-state index contributed by atoms with van der Waals surface area (Å²) in [4.78, 5) is 11.9. The number of hydrogen-bond acceptors (Lipinski definition) is 4. The molecule has 0 amide bonds. The Bertz CT molecular complexity index is 911. The van der Waals surface area contributed by atoms with Crippen molar-refractivity contribution < 1.29 is 17.9 Å². The Morgan fingerprint density at radius 2 is 1.96 bits per heavy atom. The third-order valence-corrected chi connectivity index (χ3v) is 6.57. The molecule has 1 heterocycles. The van der Waals surface area contributed by atoms with Gasteiger partial charge >= 0.3 is 5.97 Å². The molecule has 0 fully saturated rings. The van der Waals surface area contributed by atoms with Crippen LogP contribution in [0.3, 0.4) is 0 Å². The van der Waals surface area contributed by atoms with Crippen molar-refractivity contribution in [2.45, 2.75) is 17.7 Å². The number of hydrogen-bond donors (Lipinski definition) is 0. The van der Waals surface area contributed by atoms with Gasteiger partial charge in [-0.1, -0.05) is 25.1 Å². The summed E-state index contributed by atoms with van der Waals surface area (Å²) in [5.41, 5.74) is 1.87. The molecule has 2 aromatic rings. The molecule has 0 radical (unpaired) electrons. The minimum atomic E-state index is -3.76. The smallest absolute Gasteiger partial charge is 0.339 e. The minimum absolute atomic E-state index is 0.0648. The molecule has 24 heavy (non-hydrogen) atoms. The Labute approximate surface area is 149 Å². The van der Waals surface area contributed by atoms with Gasteiger partial charge in [-0.15, -0.1) is 0 Å². The Hall–Kier alpha value is -1.86. The second kappa shape index (κ2) is 6.22. The van der Waals surface area contributed by atoms with Crippen molar-refractivity contribution in [3.63, 3.8) is 0 Å². The predicted octanol–water partition coefficient (Wildman–Crippen LogP) is 3.55. The number of carbonyl (C=O) groups is 1. The fourth-order valence-electron chi connectivity index (χ4n) is 2.86. The number of benzene rings is 2. The molecule has 126 valence electrons. The lowest BCUT2D eigenvalue weighted by Gasteiger charge is -2.20. The Morgan fingerprint density at radius 3 is 2.67 bits per heavy atom. The van der Waals surface area contributed by atoms with Crippen LogP contribution in [0, 0.1) is 0 Å². The van der Waals surface area contributed by atoms with Gasteiger partial charge in [0.25, 0.3) is 10.0 Å². The molecule has 0 aliphatic carbocycles. The Balaban J connectivity index is 2.09. The SMILES string of the molecule is COC(=O)c1cc(S(=O)(=O)N2CC(C)c3ccccc32)ccc1Br. The first-order valence-electron chi connectivity index (χ1n) is 7.36. The molecule has 1 aliphatic heterocycles. The van der Waals surface area contributed by atoms with E-state index in [1.165, 1.54) is 23.5 Å². The van der Waals surface area contributed by atoms with E-state index in [2.05, 4.69) is 15.9 Å². The minimum Gasteiger partial charge on any atom is -0.465 e. The first kappa shape index (κ1) is 17.0. The topological polar surface area (TPSA) is 63.7 Å². The number of ether oxygens (including phenoxy) is 1. The fraction of sp³-hybridized carbons (Fsp3) is 0.235. The van der Waals surface area contributed by atoms with Crippen LogP contribution >= 0.6 is 15.9 Å². The fourth-order valence-corrected chi connectivity index (χ4v) is 4.88. The second-order valence-corrected chi connectivity index (χ2v) is 8.35. The number of sulfonamides is 1. The summed E-state index contributed by atoms with van der Waals surface area (Å²) in [5.74, 6) is -0.472. The van der Waals surface area contributed by atoms with Crippen LogP contribution in [0.4, 0.5) is 5.69 Å². The van der Waals surface area contributed by atoms with Crippen molar-refractivity contribution >= 4 is 37.6 Å².